The van der Waals surface area contributed by atoms with Gasteiger partial charge >= 0.3 is 21.7 Å². The molecule has 4 heteroatoms. The van der Waals surface area contributed by atoms with Gasteiger partial charge in [0.25, 0.3) is 0 Å². The van der Waals surface area contributed by atoms with Crippen LogP contribution in [0.3, 0.4) is 0 Å². The molecule has 0 aliphatic heterocycles. The smallest absolute Gasteiger partial charge is 1.00 e. The van der Waals surface area contributed by atoms with E-state index < -0.39 is 0 Å². The Morgan fingerprint density at radius 3 is 1.56 bits per heavy atom. The van der Waals surface area contributed by atoms with Gasteiger partial charge in [0.15, 0.2) is 0 Å². The fourth-order valence-electron chi connectivity index (χ4n) is 0.997. The summed E-state index contributed by atoms with van der Waals surface area (Å²) in [5, 5.41) is 0. The van der Waals surface area contributed by atoms with E-state index in [9.17, 15) is 0 Å². The topological polar surface area (TPSA) is 23.8 Å². The maximum absolute atomic E-state index is 6.94. The Labute approximate surface area is 128 Å². The Bertz CT molecular complexity index is 206. The van der Waals surface area contributed by atoms with E-state index in [1.165, 1.54) is 11.1 Å². The molecule has 1 aliphatic carbocycles. The molecular formula is C12H21Cl2NTi. The van der Waals surface area contributed by atoms with Crippen molar-refractivity contribution in [3.05, 3.63) is 29.0 Å². The molecule has 16 heavy (non-hydrogen) atoms. The summed E-state index contributed by atoms with van der Waals surface area (Å²) in [4.78, 5) is 0. The summed E-state index contributed by atoms with van der Waals surface area (Å²) in [5.41, 5.74) is 9.39. The minimum absolute atomic E-state index is 0. The van der Waals surface area contributed by atoms with E-state index in [1.807, 2.05) is 20.8 Å². The van der Waals surface area contributed by atoms with E-state index in [2.05, 4.69) is 32.9 Å². The summed E-state index contributed by atoms with van der Waals surface area (Å²) in [6.07, 6.45) is 5.52. The zero-order valence-corrected chi connectivity index (χ0v) is 14.0. The van der Waals surface area contributed by atoms with Gasteiger partial charge in [0.2, 0.25) is 0 Å². The van der Waals surface area contributed by atoms with Gasteiger partial charge in [-0.1, -0.05) is 40.5 Å². The molecule has 1 unspecified atom stereocenters. The summed E-state index contributed by atoms with van der Waals surface area (Å²) in [6, 6.07) is 0. The van der Waals surface area contributed by atoms with Crippen molar-refractivity contribution in [2.45, 2.75) is 47.1 Å². The van der Waals surface area contributed by atoms with Gasteiger partial charge in [0, 0.05) is 0 Å². The molecular weight excluding hydrogens is 277 g/mol. The van der Waals surface area contributed by atoms with Crippen LogP contribution in [-0.4, -0.2) is 5.54 Å². The van der Waals surface area contributed by atoms with E-state index >= 15 is 0 Å². The van der Waals surface area contributed by atoms with Crippen LogP contribution in [0.25, 0.3) is 5.73 Å². The predicted molar refractivity (Wildman–Crippen MR) is 59.4 cm³/mol. The Morgan fingerprint density at radius 2 is 1.50 bits per heavy atom. The third-order valence-electron chi connectivity index (χ3n) is 1.54. The number of hydrogen-bond acceptors (Lipinski definition) is 0. The van der Waals surface area contributed by atoms with Crippen molar-refractivity contribution in [1.29, 1.82) is 0 Å². The van der Waals surface area contributed by atoms with Gasteiger partial charge in [-0.15, -0.1) is 12.5 Å². The van der Waals surface area contributed by atoms with Crippen LogP contribution in [0.5, 0.6) is 0 Å². The molecule has 0 saturated carbocycles. The van der Waals surface area contributed by atoms with Gasteiger partial charge in [-0.05, 0) is 0 Å². The normalized spacial score (nSPS) is 17.6. The Kier molecular flexibility index (Phi) is 17.3. The number of halogens is 2. The third-order valence-corrected chi connectivity index (χ3v) is 1.54. The first-order valence-electron chi connectivity index (χ1n) is 4.74. The van der Waals surface area contributed by atoms with Crippen molar-refractivity contribution >= 4 is 0 Å². The summed E-state index contributed by atoms with van der Waals surface area (Å²) in [5.74, 6) is 0.551. The van der Waals surface area contributed by atoms with Crippen LogP contribution in [0.2, 0.25) is 0 Å². The SMILES string of the molecule is CC(C)(C)[NH-].CC1=[C-]C(C)C=C1C.[Cl-].[Cl-].[Ti+4]. The second-order valence-corrected chi connectivity index (χ2v) is 4.66. The molecule has 0 amide bonds. The summed E-state index contributed by atoms with van der Waals surface area (Å²) < 4.78 is 0. The molecule has 1 N–H and O–H groups in total. The molecule has 0 saturated heterocycles. The Hall–Kier alpha value is 0.734. The van der Waals surface area contributed by atoms with Crippen LogP contribution >= 0.6 is 0 Å². The van der Waals surface area contributed by atoms with Crippen molar-refractivity contribution in [2.75, 3.05) is 0 Å². The third kappa shape index (κ3) is 17.1. The monoisotopic (exact) mass is 297 g/mol. The number of rotatable bonds is 0. The van der Waals surface area contributed by atoms with E-state index in [0.717, 1.165) is 0 Å². The van der Waals surface area contributed by atoms with Gasteiger partial charge in [0.1, 0.15) is 0 Å². The molecule has 0 spiro atoms. The minimum atomic E-state index is -0.250. The van der Waals surface area contributed by atoms with Gasteiger partial charge in [-0.25, -0.2) is 11.1 Å². The van der Waals surface area contributed by atoms with Gasteiger partial charge in [-0.2, -0.15) is 6.08 Å². The van der Waals surface area contributed by atoms with Crippen molar-refractivity contribution in [3.63, 3.8) is 0 Å². The molecule has 0 aromatic carbocycles. The fourth-order valence-corrected chi connectivity index (χ4v) is 0.997. The second-order valence-electron chi connectivity index (χ2n) is 4.66. The van der Waals surface area contributed by atoms with Crippen LogP contribution in [0, 0.1) is 12.0 Å². The molecule has 1 aliphatic rings. The number of hydrogen-bond donors (Lipinski definition) is 0. The largest absolute Gasteiger partial charge is 4.00 e. The first-order chi connectivity index (χ1) is 5.70. The van der Waals surface area contributed by atoms with Crippen LogP contribution in [-0.2, 0) is 21.7 Å². The van der Waals surface area contributed by atoms with E-state index in [4.69, 9.17) is 5.73 Å². The number of allylic oxidation sites excluding steroid dienone is 4. The van der Waals surface area contributed by atoms with Crippen LogP contribution in [0.15, 0.2) is 17.2 Å². The van der Waals surface area contributed by atoms with Crippen LogP contribution in [0.1, 0.15) is 41.5 Å². The van der Waals surface area contributed by atoms with E-state index in [-0.39, 0.29) is 52.1 Å². The van der Waals surface area contributed by atoms with Crippen LogP contribution in [0.4, 0.5) is 0 Å². The minimum Gasteiger partial charge on any atom is -1.00 e. The molecule has 92 valence electrons. The molecule has 0 radical (unpaired) electrons. The average molecular weight is 298 g/mol. The Balaban J connectivity index is -0.0000000818. The molecule has 1 rings (SSSR count). The zero-order chi connectivity index (χ0) is 10.6. The van der Waals surface area contributed by atoms with Crippen LogP contribution < -0.4 is 24.8 Å². The first kappa shape index (κ1) is 25.5. The molecule has 0 bridgehead atoms. The van der Waals surface area contributed by atoms with Gasteiger partial charge in [0.05, 0.1) is 0 Å². The quantitative estimate of drug-likeness (QED) is 0.371. The fraction of sp³-hybridized carbons (Fsp3) is 0.667. The molecule has 1 atom stereocenters. The van der Waals surface area contributed by atoms with Crippen molar-refractivity contribution in [3.8, 4) is 0 Å². The maximum atomic E-state index is 6.94. The molecule has 0 fully saturated rings. The number of nitrogens with one attached hydrogen (secondary N) is 1. The van der Waals surface area contributed by atoms with Gasteiger partial charge < -0.3 is 30.5 Å². The molecule has 1 nitrogen and oxygen atoms in total. The van der Waals surface area contributed by atoms with E-state index in [1.54, 1.807) is 0 Å². The van der Waals surface area contributed by atoms with E-state index in [0.29, 0.717) is 5.92 Å². The van der Waals surface area contributed by atoms with Crippen molar-refractivity contribution in [2.24, 2.45) is 5.92 Å². The molecule has 0 aromatic heterocycles. The van der Waals surface area contributed by atoms with Crippen molar-refractivity contribution < 1.29 is 46.5 Å². The molecule has 0 aromatic rings. The second kappa shape index (κ2) is 10.9. The Morgan fingerprint density at radius 1 is 1.19 bits per heavy atom. The average Bonchev–Trinajstić information content (AvgIpc) is 2.05. The van der Waals surface area contributed by atoms with Crippen molar-refractivity contribution in [1.82, 2.24) is 0 Å². The summed E-state index contributed by atoms with van der Waals surface area (Å²) >= 11 is 0. The standard InChI is InChI=1S/C8H11.C4H10N.2ClH.Ti/c1-6-4-7(2)8(3)5-6;1-4(2,3)5;;;/h4,6H,1-3H3;5H,1-3H3;2*1H;/q2*-1;;;+4/p-2. The summed E-state index contributed by atoms with van der Waals surface area (Å²) in [7, 11) is 0. The van der Waals surface area contributed by atoms with Gasteiger partial charge in [-0.3, -0.25) is 6.08 Å². The predicted octanol–water partition coefficient (Wildman–Crippen LogP) is -1.83. The molecule has 0 heterocycles. The first-order valence-corrected chi connectivity index (χ1v) is 4.74. The zero-order valence-electron chi connectivity index (χ0n) is 10.9. The summed E-state index contributed by atoms with van der Waals surface area (Å²) in [6.45, 7) is 12.0. The maximum Gasteiger partial charge on any atom is 4.00 e.